The number of amides is 2. The Balaban J connectivity index is 1.66. The Morgan fingerprint density at radius 2 is 2.04 bits per heavy atom. The third-order valence-electron chi connectivity index (χ3n) is 4.67. The minimum absolute atomic E-state index is 0.504. The number of hydrogen-bond donors (Lipinski definition) is 2. The Hall–Kier alpha value is -2.53. The van der Waals surface area contributed by atoms with E-state index in [1.54, 1.807) is 6.07 Å². The number of carbonyl (C=O) groups excluding carboxylic acids is 1. The van der Waals surface area contributed by atoms with Gasteiger partial charge in [0.1, 0.15) is 0 Å². The quantitative estimate of drug-likeness (QED) is 0.646. The highest BCUT2D eigenvalue weighted by Crippen LogP contribution is 2.31. The van der Waals surface area contributed by atoms with Gasteiger partial charge in [0.15, 0.2) is 0 Å². The standard InChI is InChI=1S/C20H25N3O2/c1-21-20(24)23(25)18-11-12-19-17(15-18)10-6-14-22(19)13-5-9-16-7-3-2-4-8-16/h2-4,7-8,11-12,15,25H,5-6,9-10,13-14H2,1H3,(H,21,24). The fraction of sp³-hybridized carbons (Fsp3) is 0.350. The van der Waals surface area contributed by atoms with E-state index in [2.05, 4.69) is 34.5 Å². The second-order valence-corrected chi connectivity index (χ2v) is 6.36. The second-order valence-electron chi connectivity index (χ2n) is 6.36. The third kappa shape index (κ3) is 4.12. The van der Waals surface area contributed by atoms with Crippen LogP contribution in [-0.4, -0.2) is 31.4 Å². The van der Waals surface area contributed by atoms with Crippen LogP contribution >= 0.6 is 0 Å². The topological polar surface area (TPSA) is 55.8 Å². The van der Waals surface area contributed by atoms with Crippen molar-refractivity contribution >= 4 is 17.4 Å². The molecule has 3 rings (SSSR count). The summed E-state index contributed by atoms with van der Waals surface area (Å²) in [5.41, 5.74) is 4.28. The van der Waals surface area contributed by atoms with Gasteiger partial charge in [-0.25, -0.2) is 4.79 Å². The molecule has 1 aliphatic rings. The van der Waals surface area contributed by atoms with Crippen molar-refractivity contribution in [2.75, 3.05) is 30.1 Å². The van der Waals surface area contributed by atoms with Crippen LogP contribution in [0.2, 0.25) is 0 Å². The molecule has 1 heterocycles. The zero-order valence-corrected chi connectivity index (χ0v) is 14.6. The summed E-state index contributed by atoms with van der Waals surface area (Å²) in [6.45, 7) is 2.07. The van der Waals surface area contributed by atoms with Gasteiger partial charge < -0.3 is 10.2 Å². The number of hydrogen-bond acceptors (Lipinski definition) is 3. The Morgan fingerprint density at radius 3 is 2.80 bits per heavy atom. The Kier molecular flexibility index (Phi) is 5.56. The molecule has 5 nitrogen and oxygen atoms in total. The van der Waals surface area contributed by atoms with Gasteiger partial charge in [-0.15, -0.1) is 0 Å². The molecule has 0 spiro atoms. The van der Waals surface area contributed by atoms with Crippen LogP contribution in [0.4, 0.5) is 16.2 Å². The van der Waals surface area contributed by atoms with E-state index in [1.165, 1.54) is 23.9 Å². The van der Waals surface area contributed by atoms with Crippen LogP contribution in [-0.2, 0) is 12.8 Å². The molecule has 0 bridgehead atoms. The van der Waals surface area contributed by atoms with Gasteiger partial charge in [-0.3, -0.25) is 5.21 Å². The maximum absolute atomic E-state index is 11.6. The number of nitrogens with one attached hydrogen (secondary N) is 1. The van der Waals surface area contributed by atoms with Crippen molar-refractivity contribution in [3.8, 4) is 0 Å². The number of aryl methyl sites for hydroxylation is 2. The number of benzene rings is 2. The highest BCUT2D eigenvalue weighted by atomic mass is 16.5. The largest absolute Gasteiger partial charge is 0.371 e. The first kappa shape index (κ1) is 17.3. The number of nitrogens with zero attached hydrogens (tertiary/aromatic N) is 2. The van der Waals surface area contributed by atoms with Crippen LogP contribution < -0.4 is 15.3 Å². The summed E-state index contributed by atoms with van der Waals surface area (Å²) >= 11 is 0. The number of urea groups is 1. The predicted octanol–water partition coefficient (Wildman–Crippen LogP) is 3.61. The number of fused-ring (bicyclic) bond motifs is 1. The van der Waals surface area contributed by atoms with Crippen molar-refractivity contribution in [2.24, 2.45) is 0 Å². The predicted molar refractivity (Wildman–Crippen MR) is 100 cm³/mol. The van der Waals surface area contributed by atoms with Gasteiger partial charge in [0, 0.05) is 25.8 Å². The van der Waals surface area contributed by atoms with Crippen molar-refractivity contribution in [3.63, 3.8) is 0 Å². The van der Waals surface area contributed by atoms with E-state index in [4.69, 9.17) is 0 Å². The molecule has 0 saturated carbocycles. The van der Waals surface area contributed by atoms with E-state index in [-0.39, 0.29) is 0 Å². The van der Waals surface area contributed by atoms with Crippen LogP contribution in [0.5, 0.6) is 0 Å². The monoisotopic (exact) mass is 339 g/mol. The van der Waals surface area contributed by atoms with Crippen molar-refractivity contribution in [3.05, 3.63) is 59.7 Å². The summed E-state index contributed by atoms with van der Waals surface area (Å²) in [7, 11) is 1.50. The summed E-state index contributed by atoms with van der Waals surface area (Å²) in [5, 5.41) is 13.0. The van der Waals surface area contributed by atoms with Crippen molar-refractivity contribution in [1.82, 2.24) is 5.32 Å². The number of carbonyl (C=O) groups is 1. The van der Waals surface area contributed by atoms with Gasteiger partial charge >= 0.3 is 6.03 Å². The van der Waals surface area contributed by atoms with Gasteiger partial charge in [0.2, 0.25) is 0 Å². The first-order chi connectivity index (χ1) is 12.2. The first-order valence-electron chi connectivity index (χ1n) is 8.81. The maximum Gasteiger partial charge on any atom is 0.345 e. The van der Waals surface area contributed by atoms with E-state index in [9.17, 15) is 10.0 Å². The lowest BCUT2D eigenvalue weighted by Gasteiger charge is -2.32. The van der Waals surface area contributed by atoms with E-state index >= 15 is 0 Å². The van der Waals surface area contributed by atoms with E-state index in [0.29, 0.717) is 10.8 Å². The SMILES string of the molecule is CNC(=O)N(O)c1ccc2c(c1)CCCN2CCCc1ccccc1. The molecule has 0 aliphatic carbocycles. The molecule has 0 saturated heterocycles. The molecule has 1 aliphatic heterocycles. The summed E-state index contributed by atoms with van der Waals surface area (Å²) < 4.78 is 0. The molecule has 5 heteroatoms. The van der Waals surface area contributed by atoms with Gasteiger partial charge in [0.25, 0.3) is 0 Å². The van der Waals surface area contributed by atoms with Gasteiger partial charge in [0.05, 0.1) is 5.69 Å². The summed E-state index contributed by atoms with van der Waals surface area (Å²) in [4.78, 5) is 14.0. The molecule has 132 valence electrons. The van der Waals surface area contributed by atoms with E-state index in [0.717, 1.165) is 38.8 Å². The average molecular weight is 339 g/mol. The normalized spacial score (nSPS) is 13.3. The molecule has 0 radical (unpaired) electrons. The number of anilines is 2. The van der Waals surface area contributed by atoms with Crippen LogP contribution in [0.25, 0.3) is 0 Å². The molecular formula is C20H25N3O2. The minimum atomic E-state index is -0.532. The van der Waals surface area contributed by atoms with E-state index < -0.39 is 6.03 Å². The van der Waals surface area contributed by atoms with Crippen LogP contribution in [0.3, 0.4) is 0 Å². The molecule has 2 aromatic rings. The number of hydroxylamine groups is 1. The fourth-order valence-corrected chi connectivity index (χ4v) is 3.37. The second kappa shape index (κ2) is 8.03. The van der Waals surface area contributed by atoms with Crippen LogP contribution in [0.15, 0.2) is 48.5 Å². The van der Waals surface area contributed by atoms with Gasteiger partial charge in [-0.05, 0) is 55.0 Å². The molecule has 2 amide bonds. The molecule has 25 heavy (non-hydrogen) atoms. The fourth-order valence-electron chi connectivity index (χ4n) is 3.37. The smallest absolute Gasteiger partial charge is 0.345 e. The van der Waals surface area contributed by atoms with Gasteiger partial charge in [-0.2, -0.15) is 5.06 Å². The molecule has 2 aromatic carbocycles. The molecular weight excluding hydrogens is 314 g/mol. The van der Waals surface area contributed by atoms with Crippen molar-refractivity contribution < 1.29 is 10.0 Å². The average Bonchev–Trinajstić information content (AvgIpc) is 2.67. The first-order valence-corrected chi connectivity index (χ1v) is 8.81. The number of rotatable bonds is 5. The Morgan fingerprint density at radius 1 is 1.24 bits per heavy atom. The van der Waals surface area contributed by atoms with Crippen LogP contribution in [0.1, 0.15) is 24.0 Å². The molecule has 0 unspecified atom stereocenters. The minimum Gasteiger partial charge on any atom is -0.371 e. The molecule has 0 fully saturated rings. The van der Waals surface area contributed by atoms with Crippen LogP contribution in [0, 0.1) is 0 Å². The summed E-state index contributed by atoms with van der Waals surface area (Å²) in [6.07, 6.45) is 4.24. The lowest BCUT2D eigenvalue weighted by Crippen LogP contribution is -2.36. The molecule has 0 aromatic heterocycles. The Bertz CT molecular complexity index is 718. The lowest BCUT2D eigenvalue weighted by atomic mass is 10.00. The summed E-state index contributed by atoms with van der Waals surface area (Å²) in [6, 6.07) is 15.7. The molecule has 0 atom stereocenters. The Labute approximate surface area is 148 Å². The molecule has 2 N–H and O–H groups in total. The highest BCUT2D eigenvalue weighted by molar-refractivity contribution is 5.89. The zero-order chi connectivity index (χ0) is 17.6. The maximum atomic E-state index is 11.6. The van der Waals surface area contributed by atoms with Gasteiger partial charge in [-0.1, -0.05) is 30.3 Å². The lowest BCUT2D eigenvalue weighted by molar-refractivity contribution is 0.206. The van der Waals surface area contributed by atoms with Crippen molar-refractivity contribution in [1.29, 1.82) is 0 Å². The highest BCUT2D eigenvalue weighted by Gasteiger charge is 2.19. The van der Waals surface area contributed by atoms with Crippen molar-refractivity contribution in [2.45, 2.75) is 25.7 Å². The zero-order valence-electron chi connectivity index (χ0n) is 14.6. The van der Waals surface area contributed by atoms with E-state index in [1.807, 2.05) is 18.2 Å². The third-order valence-corrected chi connectivity index (χ3v) is 4.67. The summed E-state index contributed by atoms with van der Waals surface area (Å²) in [5.74, 6) is 0.